The summed E-state index contributed by atoms with van der Waals surface area (Å²) < 4.78 is 18.1. The molecule has 2 aromatic carbocycles. The maximum absolute atomic E-state index is 12.2. The van der Waals surface area contributed by atoms with E-state index in [1.807, 2.05) is 58.2 Å². The Labute approximate surface area is 202 Å². The van der Waals surface area contributed by atoms with Crippen LogP contribution in [0.15, 0.2) is 47.1 Å². The molecule has 0 aliphatic rings. The lowest BCUT2D eigenvalue weighted by Crippen LogP contribution is -2.31. The molecule has 0 radical (unpaired) electrons. The zero-order valence-electron chi connectivity index (χ0n) is 19.8. The van der Waals surface area contributed by atoms with Crippen LogP contribution in [0.4, 0.5) is 0 Å². The summed E-state index contributed by atoms with van der Waals surface area (Å²) in [6.07, 6.45) is 1.92. The van der Waals surface area contributed by atoms with E-state index in [1.165, 1.54) is 0 Å². The average molecular weight is 483 g/mol. The Morgan fingerprint density at radius 2 is 1.94 bits per heavy atom. The fourth-order valence-corrected chi connectivity index (χ4v) is 3.76. The summed E-state index contributed by atoms with van der Waals surface area (Å²) in [5.41, 5.74) is 1.60. The lowest BCUT2D eigenvalue weighted by Gasteiger charge is -2.21. The van der Waals surface area contributed by atoms with Crippen molar-refractivity contribution >= 4 is 28.5 Å². The van der Waals surface area contributed by atoms with Crippen LogP contribution in [0.1, 0.15) is 34.6 Å². The van der Waals surface area contributed by atoms with Crippen LogP contribution < -0.4 is 4.74 Å². The van der Waals surface area contributed by atoms with E-state index in [0.29, 0.717) is 41.2 Å². The van der Waals surface area contributed by atoms with Crippen molar-refractivity contribution in [2.24, 2.45) is 5.41 Å². The third-order valence-corrected chi connectivity index (χ3v) is 5.46. The van der Waals surface area contributed by atoms with Crippen molar-refractivity contribution in [3.63, 3.8) is 0 Å². The van der Waals surface area contributed by atoms with Crippen molar-refractivity contribution in [1.82, 2.24) is 19.9 Å². The van der Waals surface area contributed by atoms with Crippen LogP contribution in [0, 0.1) is 5.41 Å². The number of rotatable bonds is 8. The standard InChI is InChI=1S/C25H27ClN4O4/c1-6-32-24(31)25(4,5)14-30-13-18-11-16(7-9-20(18)28-30)22-27-23(34-29-22)17-8-10-21(19(26)12-17)33-15(2)3/h7-13,15H,6,14H2,1-5H3. The van der Waals surface area contributed by atoms with Gasteiger partial charge >= 0.3 is 5.97 Å². The van der Waals surface area contributed by atoms with Crippen molar-refractivity contribution in [2.75, 3.05) is 6.61 Å². The molecule has 0 amide bonds. The van der Waals surface area contributed by atoms with Gasteiger partial charge in [-0.25, -0.2) is 0 Å². The van der Waals surface area contributed by atoms with Gasteiger partial charge in [0.05, 0.1) is 35.2 Å². The van der Waals surface area contributed by atoms with Gasteiger partial charge in [-0.15, -0.1) is 0 Å². The van der Waals surface area contributed by atoms with E-state index in [-0.39, 0.29) is 12.1 Å². The first-order valence-corrected chi connectivity index (χ1v) is 11.5. The van der Waals surface area contributed by atoms with Crippen LogP contribution in [0.5, 0.6) is 5.75 Å². The molecule has 0 spiro atoms. The summed E-state index contributed by atoms with van der Waals surface area (Å²) in [6.45, 7) is 10.1. The van der Waals surface area contributed by atoms with Crippen LogP contribution in [-0.2, 0) is 16.1 Å². The van der Waals surface area contributed by atoms with Crippen molar-refractivity contribution in [3.8, 4) is 28.6 Å². The predicted octanol–water partition coefficient (Wildman–Crippen LogP) is 5.78. The Morgan fingerprint density at radius 3 is 2.65 bits per heavy atom. The molecule has 2 heterocycles. The summed E-state index contributed by atoms with van der Waals surface area (Å²) in [5.74, 6) is 1.17. The van der Waals surface area contributed by atoms with E-state index in [9.17, 15) is 4.79 Å². The van der Waals surface area contributed by atoms with Gasteiger partial charge in [0.1, 0.15) is 5.75 Å². The molecule has 0 aliphatic carbocycles. The lowest BCUT2D eigenvalue weighted by molar-refractivity contribution is -0.154. The third-order valence-electron chi connectivity index (χ3n) is 5.16. The summed E-state index contributed by atoms with van der Waals surface area (Å²) in [4.78, 5) is 16.8. The van der Waals surface area contributed by atoms with Gasteiger partial charge in [0.15, 0.2) is 0 Å². The summed E-state index contributed by atoms with van der Waals surface area (Å²) in [6, 6.07) is 11.1. The largest absolute Gasteiger partial charge is 0.489 e. The van der Waals surface area contributed by atoms with E-state index in [0.717, 1.165) is 16.5 Å². The van der Waals surface area contributed by atoms with Crippen molar-refractivity contribution in [3.05, 3.63) is 47.6 Å². The van der Waals surface area contributed by atoms with Gasteiger partial charge < -0.3 is 14.0 Å². The molecule has 4 aromatic rings. The number of aromatic nitrogens is 4. The second-order valence-corrected chi connectivity index (χ2v) is 9.35. The van der Waals surface area contributed by atoms with Crippen molar-refractivity contribution in [2.45, 2.75) is 47.3 Å². The maximum Gasteiger partial charge on any atom is 0.313 e. The predicted molar refractivity (Wildman–Crippen MR) is 130 cm³/mol. The van der Waals surface area contributed by atoms with Gasteiger partial charge in [-0.2, -0.15) is 10.1 Å². The molecule has 4 rings (SSSR count). The Bertz CT molecular complexity index is 1330. The molecule has 34 heavy (non-hydrogen) atoms. The molecule has 0 N–H and O–H groups in total. The highest BCUT2D eigenvalue weighted by molar-refractivity contribution is 6.32. The van der Waals surface area contributed by atoms with Crippen molar-refractivity contribution < 1.29 is 18.8 Å². The first kappa shape index (κ1) is 23.8. The van der Waals surface area contributed by atoms with Gasteiger partial charge in [-0.3, -0.25) is 9.48 Å². The van der Waals surface area contributed by atoms with Crippen LogP contribution in [0.3, 0.4) is 0 Å². The molecule has 0 atom stereocenters. The molecule has 0 saturated carbocycles. The zero-order chi connectivity index (χ0) is 24.5. The average Bonchev–Trinajstić information content (AvgIpc) is 3.41. The molecular formula is C25H27ClN4O4. The minimum Gasteiger partial charge on any atom is -0.489 e. The van der Waals surface area contributed by atoms with E-state index < -0.39 is 5.41 Å². The number of fused-ring (bicyclic) bond motifs is 1. The van der Waals surface area contributed by atoms with E-state index in [4.69, 9.17) is 25.6 Å². The number of ether oxygens (including phenoxy) is 2. The SMILES string of the molecule is CCOC(=O)C(C)(C)Cn1cc2cc(-c3noc(-c4ccc(OC(C)C)c(Cl)c4)n3)ccc2n1. The maximum atomic E-state index is 12.2. The van der Waals surface area contributed by atoms with Crippen LogP contribution in [0.25, 0.3) is 33.7 Å². The molecule has 0 saturated heterocycles. The molecule has 0 fully saturated rings. The van der Waals surface area contributed by atoms with Crippen LogP contribution >= 0.6 is 11.6 Å². The molecule has 2 aromatic heterocycles. The van der Waals surface area contributed by atoms with E-state index >= 15 is 0 Å². The van der Waals surface area contributed by atoms with Crippen LogP contribution in [-0.4, -0.2) is 38.6 Å². The number of halogens is 1. The molecule has 0 aliphatic heterocycles. The molecule has 8 nitrogen and oxygen atoms in total. The number of hydrogen-bond donors (Lipinski definition) is 0. The topological polar surface area (TPSA) is 92.3 Å². The Hall–Kier alpha value is -3.39. The van der Waals surface area contributed by atoms with E-state index in [1.54, 1.807) is 23.7 Å². The number of esters is 1. The molecule has 178 valence electrons. The zero-order valence-corrected chi connectivity index (χ0v) is 20.6. The Kier molecular flexibility index (Phi) is 6.61. The number of hydrogen-bond acceptors (Lipinski definition) is 7. The second kappa shape index (κ2) is 9.46. The summed E-state index contributed by atoms with van der Waals surface area (Å²) >= 11 is 6.34. The fraction of sp³-hybridized carbons (Fsp3) is 0.360. The highest BCUT2D eigenvalue weighted by Crippen LogP contribution is 2.32. The minimum absolute atomic E-state index is 0.0221. The van der Waals surface area contributed by atoms with E-state index in [2.05, 4.69) is 15.2 Å². The van der Waals surface area contributed by atoms with Gasteiger partial charge in [-0.05, 0) is 71.0 Å². The number of carbonyl (C=O) groups excluding carboxylic acids is 1. The first-order valence-electron chi connectivity index (χ1n) is 11.1. The number of carbonyl (C=O) groups is 1. The van der Waals surface area contributed by atoms with Crippen molar-refractivity contribution in [1.29, 1.82) is 0 Å². The quantitative estimate of drug-likeness (QED) is 0.294. The lowest BCUT2D eigenvalue weighted by atomic mass is 9.94. The number of benzene rings is 2. The Balaban J connectivity index is 1.56. The molecule has 0 bridgehead atoms. The smallest absolute Gasteiger partial charge is 0.313 e. The molecule has 9 heteroatoms. The van der Waals surface area contributed by atoms with Gasteiger partial charge in [0.25, 0.3) is 5.89 Å². The normalized spacial score (nSPS) is 11.9. The highest BCUT2D eigenvalue weighted by Gasteiger charge is 2.30. The van der Waals surface area contributed by atoms with Gasteiger partial charge in [0.2, 0.25) is 5.82 Å². The molecule has 0 unspecified atom stereocenters. The monoisotopic (exact) mass is 482 g/mol. The highest BCUT2D eigenvalue weighted by atomic mass is 35.5. The summed E-state index contributed by atoms with van der Waals surface area (Å²) in [7, 11) is 0. The van der Waals surface area contributed by atoms with Gasteiger partial charge in [0, 0.05) is 22.7 Å². The van der Waals surface area contributed by atoms with Crippen LogP contribution in [0.2, 0.25) is 5.02 Å². The summed E-state index contributed by atoms with van der Waals surface area (Å²) in [5, 5.41) is 10.1. The first-order chi connectivity index (χ1) is 16.2. The number of nitrogens with zero attached hydrogens (tertiary/aromatic N) is 4. The Morgan fingerprint density at radius 1 is 1.18 bits per heavy atom. The van der Waals surface area contributed by atoms with Gasteiger partial charge in [-0.1, -0.05) is 16.8 Å². The molecular weight excluding hydrogens is 456 g/mol. The fourth-order valence-electron chi connectivity index (χ4n) is 3.53. The minimum atomic E-state index is -0.694. The third kappa shape index (κ3) is 5.07. The second-order valence-electron chi connectivity index (χ2n) is 8.94.